The number of hydrogen-bond donors (Lipinski definition) is 1. The van der Waals surface area contributed by atoms with E-state index in [0.29, 0.717) is 6.54 Å². The first-order valence-electron chi connectivity index (χ1n) is 6.82. The normalized spacial score (nSPS) is 24.1. The van der Waals surface area contributed by atoms with Crippen LogP contribution in [0, 0.1) is 0 Å². The van der Waals surface area contributed by atoms with Crippen molar-refractivity contribution in [3.8, 4) is 5.75 Å². The third kappa shape index (κ3) is 3.08. The molecule has 0 aliphatic carbocycles. The predicted octanol–water partition coefficient (Wildman–Crippen LogP) is 1.16. The molecule has 1 fully saturated rings. The van der Waals surface area contributed by atoms with Gasteiger partial charge in [-0.05, 0) is 44.8 Å². The SMILES string of the molecule is COc1ccc(CN(C)C2(CN)CCN(C)C2)cc1. The maximum absolute atomic E-state index is 6.04. The zero-order valence-electron chi connectivity index (χ0n) is 12.2. The molecule has 1 aliphatic rings. The summed E-state index contributed by atoms with van der Waals surface area (Å²) in [5.41, 5.74) is 7.46. The second kappa shape index (κ2) is 5.90. The molecule has 2 N–H and O–H groups in total. The minimum atomic E-state index is 0.120. The molecule has 1 heterocycles. The molecule has 2 rings (SSSR count). The second-order valence-corrected chi connectivity index (χ2v) is 5.62. The van der Waals surface area contributed by atoms with Gasteiger partial charge in [0.1, 0.15) is 5.75 Å². The predicted molar refractivity (Wildman–Crippen MR) is 78.4 cm³/mol. The average Bonchev–Trinajstić information content (AvgIpc) is 2.82. The maximum Gasteiger partial charge on any atom is 0.118 e. The Hall–Kier alpha value is -1.10. The molecule has 1 aromatic rings. The van der Waals surface area contributed by atoms with Crippen LogP contribution in [-0.4, -0.2) is 56.2 Å². The van der Waals surface area contributed by atoms with Crippen LogP contribution in [0.15, 0.2) is 24.3 Å². The summed E-state index contributed by atoms with van der Waals surface area (Å²) >= 11 is 0. The van der Waals surface area contributed by atoms with Crippen LogP contribution in [0.1, 0.15) is 12.0 Å². The monoisotopic (exact) mass is 263 g/mol. The number of nitrogens with zero attached hydrogens (tertiary/aromatic N) is 2. The first-order valence-corrected chi connectivity index (χ1v) is 6.82. The van der Waals surface area contributed by atoms with Crippen molar-refractivity contribution in [2.45, 2.75) is 18.5 Å². The maximum atomic E-state index is 6.04. The number of nitrogens with two attached hydrogens (primary N) is 1. The Morgan fingerprint density at radius 2 is 2.05 bits per heavy atom. The number of benzene rings is 1. The van der Waals surface area contributed by atoms with E-state index in [4.69, 9.17) is 10.5 Å². The van der Waals surface area contributed by atoms with Crippen molar-refractivity contribution in [2.75, 3.05) is 40.8 Å². The number of hydrogen-bond acceptors (Lipinski definition) is 4. The molecular formula is C15H25N3O. The van der Waals surface area contributed by atoms with Crippen molar-refractivity contribution in [2.24, 2.45) is 5.73 Å². The van der Waals surface area contributed by atoms with Gasteiger partial charge in [0.05, 0.1) is 7.11 Å². The van der Waals surface area contributed by atoms with E-state index in [1.165, 1.54) is 5.56 Å². The molecule has 0 aromatic heterocycles. The van der Waals surface area contributed by atoms with Crippen LogP contribution in [0.5, 0.6) is 5.75 Å². The Balaban J connectivity index is 2.04. The summed E-state index contributed by atoms with van der Waals surface area (Å²) in [5.74, 6) is 0.903. The van der Waals surface area contributed by atoms with E-state index in [1.54, 1.807) is 7.11 Å². The molecule has 4 heteroatoms. The fraction of sp³-hybridized carbons (Fsp3) is 0.600. The van der Waals surface area contributed by atoms with Crippen LogP contribution >= 0.6 is 0 Å². The minimum Gasteiger partial charge on any atom is -0.497 e. The summed E-state index contributed by atoms with van der Waals surface area (Å²) in [6.07, 6.45) is 1.15. The lowest BCUT2D eigenvalue weighted by molar-refractivity contribution is 0.126. The molecule has 0 spiro atoms. The van der Waals surface area contributed by atoms with E-state index >= 15 is 0 Å². The van der Waals surface area contributed by atoms with Crippen LogP contribution in [0.25, 0.3) is 0 Å². The molecular weight excluding hydrogens is 238 g/mol. The third-order valence-corrected chi connectivity index (χ3v) is 4.29. The van der Waals surface area contributed by atoms with Gasteiger partial charge in [-0.25, -0.2) is 0 Å². The Labute approximate surface area is 116 Å². The highest BCUT2D eigenvalue weighted by Crippen LogP contribution is 2.27. The fourth-order valence-corrected chi connectivity index (χ4v) is 2.87. The van der Waals surface area contributed by atoms with Crippen molar-refractivity contribution >= 4 is 0 Å². The van der Waals surface area contributed by atoms with Crippen LogP contribution < -0.4 is 10.5 Å². The molecule has 106 valence electrons. The average molecular weight is 263 g/mol. The van der Waals surface area contributed by atoms with E-state index in [2.05, 4.69) is 36.0 Å². The second-order valence-electron chi connectivity index (χ2n) is 5.62. The molecule has 0 radical (unpaired) electrons. The minimum absolute atomic E-state index is 0.120. The van der Waals surface area contributed by atoms with E-state index in [0.717, 1.165) is 31.8 Å². The van der Waals surface area contributed by atoms with Gasteiger partial charge in [0.25, 0.3) is 0 Å². The van der Waals surface area contributed by atoms with E-state index in [9.17, 15) is 0 Å². The van der Waals surface area contributed by atoms with Crippen molar-refractivity contribution in [1.29, 1.82) is 0 Å². The zero-order valence-corrected chi connectivity index (χ0v) is 12.2. The Bertz CT molecular complexity index is 406. The highest BCUT2D eigenvalue weighted by molar-refractivity contribution is 5.27. The number of methoxy groups -OCH3 is 1. The Morgan fingerprint density at radius 1 is 1.37 bits per heavy atom. The van der Waals surface area contributed by atoms with Crippen LogP contribution in [-0.2, 0) is 6.54 Å². The van der Waals surface area contributed by atoms with Crippen LogP contribution in [0.4, 0.5) is 0 Å². The first kappa shape index (κ1) is 14.3. The molecule has 19 heavy (non-hydrogen) atoms. The van der Waals surface area contributed by atoms with Crippen molar-refractivity contribution < 1.29 is 4.74 Å². The van der Waals surface area contributed by atoms with Gasteiger partial charge in [0, 0.05) is 25.2 Å². The summed E-state index contributed by atoms with van der Waals surface area (Å²) in [5, 5.41) is 0. The smallest absolute Gasteiger partial charge is 0.118 e. The number of likely N-dealkylation sites (tertiary alicyclic amines) is 1. The van der Waals surface area contributed by atoms with Gasteiger partial charge >= 0.3 is 0 Å². The van der Waals surface area contributed by atoms with E-state index in [-0.39, 0.29) is 5.54 Å². The van der Waals surface area contributed by atoms with Crippen molar-refractivity contribution in [3.63, 3.8) is 0 Å². The first-order chi connectivity index (χ1) is 9.09. The van der Waals surface area contributed by atoms with Gasteiger partial charge in [-0.2, -0.15) is 0 Å². The van der Waals surface area contributed by atoms with Gasteiger partial charge in [-0.3, -0.25) is 4.90 Å². The molecule has 1 aromatic carbocycles. The fourth-order valence-electron chi connectivity index (χ4n) is 2.87. The molecule has 4 nitrogen and oxygen atoms in total. The molecule has 0 saturated carbocycles. The van der Waals surface area contributed by atoms with Gasteiger partial charge in [-0.1, -0.05) is 12.1 Å². The summed E-state index contributed by atoms with van der Waals surface area (Å²) < 4.78 is 5.19. The lowest BCUT2D eigenvalue weighted by Gasteiger charge is -2.38. The van der Waals surface area contributed by atoms with E-state index < -0.39 is 0 Å². The lowest BCUT2D eigenvalue weighted by atomic mass is 9.96. The zero-order chi connectivity index (χ0) is 13.9. The summed E-state index contributed by atoms with van der Waals surface area (Å²) in [6, 6.07) is 8.27. The summed E-state index contributed by atoms with van der Waals surface area (Å²) in [7, 11) is 6.04. The number of likely N-dealkylation sites (N-methyl/N-ethyl adjacent to an activating group) is 2. The highest BCUT2D eigenvalue weighted by atomic mass is 16.5. The molecule has 1 unspecified atom stereocenters. The largest absolute Gasteiger partial charge is 0.497 e. The Kier molecular flexibility index (Phi) is 4.45. The standard InChI is InChI=1S/C15H25N3O/c1-17-9-8-15(11-16,12-17)18(2)10-13-4-6-14(19-3)7-5-13/h4-7H,8-12,16H2,1-3H3. The summed E-state index contributed by atoms with van der Waals surface area (Å²) in [6.45, 7) is 3.82. The van der Waals surface area contributed by atoms with Crippen LogP contribution in [0.3, 0.4) is 0 Å². The van der Waals surface area contributed by atoms with E-state index in [1.807, 2.05) is 12.1 Å². The topological polar surface area (TPSA) is 41.7 Å². The highest BCUT2D eigenvalue weighted by Gasteiger charge is 2.38. The third-order valence-electron chi connectivity index (χ3n) is 4.29. The molecule has 0 amide bonds. The molecule has 1 atom stereocenters. The quantitative estimate of drug-likeness (QED) is 0.865. The lowest BCUT2D eigenvalue weighted by Crippen LogP contribution is -2.53. The number of rotatable bonds is 5. The van der Waals surface area contributed by atoms with Crippen molar-refractivity contribution in [1.82, 2.24) is 9.80 Å². The summed E-state index contributed by atoms with van der Waals surface area (Å²) in [4.78, 5) is 4.76. The molecule has 0 bridgehead atoms. The van der Waals surface area contributed by atoms with Crippen molar-refractivity contribution in [3.05, 3.63) is 29.8 Å². The molecule has 1 aliphatic heterocycles. The molecule has 1 saturated heterocycles. The van der Waals surface area contributed by atoms with Gasteiger partial charge in [0.15, 0.2) is 0 Å². The number of ether oxygens (including phenoxy) is 1. The van der Waals surface area contributed by atoms with Gasteiger partial charge in [0.2, 0.25) is 0 Å². The van der Waals surface area contributed by atoms with Gasteiger partial charge in [-0.15, -0.1) is 0 Å². The van der Waals surface area contributed by atoms with Crippen LogP contribution in [0.2, 0.25) is 0 Å². The Morgan fingerprint density at radius 3 is 2.53 bits per heavy atom. The van der Waals surface area contributed by atoms with Gasteiger partial charge < -0.3 is 15.4 Å².